The normalized spacial score (nSPS) is 57.0. The van der Waals surface area contributed by atoms with E-state index in [1.807, 2.05) is 0 Å². The number of hydrogen-bond donors (Lipinski definition) is 1. The lowest BCUT2D eigenvalue weighted by Crippen LogP contribution is -2.34. The quantitative estimate of drug-likeness (QED) is 0.467. The monoisotopic (exact) mass is 97.1 g/mol. The van der Waals surface area contributed by atoms with E-state index in [1.165, 1.54) is 13.0 Å². The van der Waals surface area contributed by atoms with Crippen molar-refractivity contribution in [2.24, 2.45) is 11.8 Å². The van der Waals surface area contributed by atoms with Gasteiger partial charge in [0.25, 0.3) is 0 Å². The molecule has 3 aliphatic rings. The Kier molecular flexibility index (Phi) is 0.571. The van der Waals surface area contributed by atoms with Gasteiger partial charge in [-0.25, -0.2) is 0 Å². The summed E-state index contributed by atoms with van der Waals surface area (Å²) in [6.07, 6.45) is 1.46. The Balaban J connectivity index is 2.14. The highest BCUT2D eigenvalue weighted by atomic mass is 15.0. The summed E-state index contributed by atoms with van der Waals surface area (Å²) in [6.45, 7) is 3.64. The van der Waals surface area contributed by atoms with Gasteiger partial charge in [-0.2, -0.15) is 0 Å². The van der Waals surface area contributed by atoms with Crippen LogP contribution < -0.4 is 5.32 Å². The zero-order chi connectivity index (χ0) is 4.85. The number of rotatable bonds is 0. The number of nitrogens with one attached hydrogen (secondary N) is 1. The fourth-order valence-electron chi connectivity index (χ4n) is 1.73. The van der Waals surface area contributed by atoms with Crippen LogP contribution >= 0.6 is 0 Å². The van der Waals surface area contributed by atoms with E-state index in [4.69, 9.17) is 0 Å². The van der Waals surface area contributed by atoms with Crippen LogP contribution in [-0.2, 0) is 0 Å². The second-order valence-electron chi connectivity index (χ2n) is 2.87. The SMILES string of the molecule is CC1C2CNC1C2. The Morgan fingerprint density at radius 2 is 2.43 bits per heavy atom. The Labute approximate surface area is 44.1 Å². The first-order chi connectivity index (χ1) is 3.38. The molecule has 2 bridgehead atoms. The van der Waals surface area contributed by atoms with E-state index >= 15 is 0 Å². The summed E-state index contributed by atoms with van der Waals surface area (Å²) in [5.74, 6) is 2.05. The van der Waals surface area contributed by atoms with Gasteiger partial charge in [-0.1, -0.05) is 6.92 Å². The smallest absolute Gasteiger partial charge is 0.00991 e. The van der Waals surface area contributed by atoms with Crippen LogP contribution in [0.1, 0.15) is 13.3 Å². The molecular formula is C6H11N. The molecule has 0 amide bonds. The Hall–Kier alpha value is -0.0400. The van der Waals surface area contributed by atoms with Crippen LogP contribution in [-0.4, -0.2) is 12.6 Å². The third-order valence-corrected chi connectivity index (χ3v) is 2.58. The summed E-state index contributed by atoms with van der Waals surface area (Å²) in [5, 5.41) is 3.44. The van der Waals surface area contributed by atoms with Crippen LogP contribution in [0.5, 0.6) is 0 Å². The molecule has 1 N–H and O–H groups in total. The summed E-state index contributed by atoms with van der Waals surface area (Å²) in [7, 11) is 0. The molecule has 0 aromatic rings. The van der Waals surface area contributed by atoms with Crippen molar-refractivity contribution in [2.75, 3.05) is 6.54 Å². The highest BCUT2D eigenvalue weighted by Gasteiger charge is 2.43. The van der Waals surface area contributed by atoms with Crippen LogP contribution in [0.3, 0.4) is 0 Å². The molecule has 1 saturated carbocycles. The van der Waals surface area contributed by atoms with Gasteiger partial charge in [0.2, 0.25) is 0 Å². The number of hydrogen-bond acceptors (Lipinski definition) is 1. The maximum atomic E-state index is 3.44. The minimum absolute atomic E-state index is 0.907. The summed E-state index contributed by atoms with van der Waals surface area (Å²) in [6, 6.07) is 0.907. The van der Waals surface area contributed by atoms with Crippen molar-refractivity contribution in [1.29, 1.82) is 0 Å². The van der Waals surface area contributed by atoms with E-state index in [-0.39, 0.29) is 0 Å². The standard InChI is InChI=1S/C6H11N/c1-4-5-2-6(4)7-3-5/h4-7H,2-3H2,1H3. The third-order valence-electron chi connectivity index (χ3n) is 2.58. The fourth-order valence-corrected chi connectivity index (χ4v) is 1.73. The van der Waals surface area contributed by atoms with Gasteiger partial charge in [-0.05, 0) is 24.8 Å². The van der Waals surface area contributed by atoms with Gasteiger partial charge in [0.15, 0.2) is 0 Å². The van der Waals surface area contributed by atoms with Gasteiger partial charge in [0.05, 0.1) is 0 Å². The zero-order valence-electron chi connectivity index (χ0n) is 4.65. The van der Waals surface area contributed by atoms with Gasteiger partial charge < -0.3 is 5.32 Å². The maximum absolute atomic E-state index is 3.44. The summed E-state index contributed by atoms with van der Waals surface area (Å²) >= 11 is 0. The molecule has 1 aliphatic carbocycles. The Morgan fingerprint density at radius 3 is 2.57 bits per heavy atom. The first kappa shape index (κ1) is 3.90. The lowest BCUT2D eigenvalue weighted by atomic mass is 9.75. The van der Waals surface area contributed by atoms with Crippen molar-refractivity contribution < 1.29 is 0 Å². The minimum atomic E-state index is 0.907. The first-order valence-electron chi connectivity index (χ1n) is 3.11. The molecule has 2 saturated heterocycles. The average Bonchev–Trinajstić information content (AvgIpc) is 2.18. The van der Waals surface area contributed by atoms with Crippen molar-refractivity contribution in [3.8, 4) is 0 Å². The average molecular weight is 97.2 g/mol. The van der Waals surface area contributed by atoms with Crippen molar-refractivity contribution in [2.45, 2.75) is 19.4 Å². The summed E-state index contributed by atoms with van der Waals surface area (Å²) in [5.41, 5.74) is 0. The molecule has 3 rings (SSSR count). The van der Waals surface area contributed by atoms with Crippen LogP contribution in [0.4, 0.5) is 0 Å². The second-order valence-corrected chi connectivity index (χ2v) is 2.87. The highest BCUT2D eigenvalue weighted by molar-refractivity contribution is 4.99. The molecule has 0 radical (unpaired) electrons. The van der Waals surface area contributed by atoms with Crippen molar-refractivity contribution in [1.82, 2.24) is 5.32 Å². The van der Waals surface area contributed by atoms with E-state index in [1.54, 1.807) is 0 Å². The Bertz CT molecular complexity index is 76.2. The molecule has 3 fully saturated rings. The third kappa shape index (κ3) is 0.325. The largest absolute Gasteiger partial charge is 0.313 e. The molecule has 3 atom stereocenters. The van der Waals surface area contributed by atoms with E-state index in [9.17, 15) is 0 Å². The predicted octanol–water partition coefficient (Wildman–Crippen LogP) is 0.614. The van der Waals surface area contributed by atoms with Crippen molar-refractivity contribution >= 4 is 0 Å². The minimum Gasteiger partial charge on any atom is -0.313 e. The van der Waals surface area contributed by atoms with E-state index < -0.39 is 0 Å². The van der Waals surface area contributed by atoms with Gasteiger partial charge in [-0.15, -0.1) is 0 Å². The predicted molar refractivity (Wildman–Crippen MR) is 29.1 cm³/mol. The van der Waals surface area contributed by atoms with E-state index in [0.29, 0.717) is 0 Å². The Morgan fingerprint density at radius 1 is 1.57 bits per heavy atom. The lowest BCUT2D eigenvalue weighted by molar-refractivity contribution is 0.239. The van der Waals surface area contributed by atoms with Gasteiger partial charge in [0, 0.05) is 6.04 Å². The van der Waals surface area contributed by atoms with Gasteiger partial charge >= 0.3 is 0 Å². The second kappa shape index (κ2) is 1.03. The summed E-state index contributed by atoms with van der Waals surface area (Å²) < 4.78 is 0. The molecule has 0 spiro atoms. The fraction of sp³-hybridized carbons (Fsp3) is 1.00. The van der Waals surface area contributed by atoms with Crippen LogP contribution in [0.2, 0.25) is 0 Å². The zero-order valence-corrected chi connectivity index (χ0v) is 4.65. The topological polar surface area (TPSA) is 12.0 Å². The number of fused-ring (bicyclic) bond motifs is 1. The summed E-state index contributed by atoms with van der Waals surface area (Å²) in [4.78, 5) is 0. The van der Waals surface area contributed by atoms with Crippen LogP contribution in [0.15, 0.2) is 0 Å². The maximum Gasteiger partial charge on any atom is 0.00991 e. The molecule has 0 aromatic heterocycles. The molecule has 0 aromatic carbocycles. The highest BCUT2D eigenvalue weighted by Crippen LogP contribution is 2.39. The molecule has 7 heavy (non-hydrogen) atoms. The lowest BCUT2D eigenvalue weighted by Gasteiger charge is -2.30. The molecular weight excluding hydrogens is 86.1 g/mol. The van der Waals surface area contributed by atoms with Gasteiger partial charge in [-0.3, -0.25) is 0 Å². The molecule has 2 aliphatic heterocycles. The van der Waals surface area contributed by atoms with E-state index in [0.717, 1.165) is 17.9 Å². The first-order valence-corrected chi connectivity index (χ1v) is 3.11. The molecule has 3 unspecified atom stereocenters. The van der Waals surface area contributed by atoms with Gasteiger partial charge in [0.1, 0.15) is 0 Å². The molecule has 1 heteroatoms. The van der Waals surface area contributed by atoms with Crippen molar-refractivity contribution in [3.05, 3.63) is 0 Å². The molecule has 2 heterocycles. The molecule has 1 nitrogen and oxygen atoms in total. The molecule has 40 valence electrons. The van der Waals surface area contributed by atoms with E-state index in [2.05, 4.69) is 12.2 Å². The van der Waals surface area contributed by atoms with Crippen molar-refractivity contribution in [3.63, 3.8) is 0 Å². The van der Waals surface area contributed by atoms with Crippen LogP contribution in [0, 0.1) is 11.8 Å². The van der Waals surface area contributed by atoms with Crippen LogP contribution in [0.25, 0.3) is 0 Å².